The molecule has 2 N–H and O–H groups in total. The molecule has 2 unspecified atom stereocenters. The van der Waals surface area contributed by atoms with Crippen molar-refractivity contribution >= 4 is 21.9 Å². The molecule has 1 aromatic carbocycles. The second-order valence-electron chi connectivity index (χ2n) is 8.13. The molecule has 1 aliphatic heterocycles. The zero-order chi connectivity index (χ0) is 21.3. The summed E-state index contributed by atoms with van der Waals surface area (Å²) >= 11 is 0. The second-order valence-corrected chi connectivity index (χ2v) is 10.0. The van der Waals surface area contributed by atoms with Crippen molar-refractivity contribution < 1.29 is 27.9 Å². The van der Waals surface area contributed by atoms with Gasteiger partial charge in [-0.25, -0.2) is 8.42 Å². The minimum Gasteiger partial charge on any atom is -0.454 e. The Kier molecular flexibility index (Phi) is 6.52. The minimum atomic E-state index is -4.00. The Hall–Kier alpha value is -1.97. The number of benzene rings is 1. The van der Waals surface area contributed by atoms with Crippen LogP contribution in [0.25, 0.3) is 0 Å². The van der Waals surface area contributed by atoms with E-state index in [2.05, 4.69) is 5.32 Å². The quantitative estimate of drug-likeness (QED) is 0.695. The maximum absolute atomic E-state index is 13.0. The lowest BCUT2D eigenvalue weighted by molar-refractivity contribution is -0.152. The van der Waals surface area contributed by atoms with E-state index in [1.165, 1.54) is 12.1 Å². The van der Waals surface area contributed by atoms with Crippen molar-refractivity contribution in [2.75, 3.05) is 13.2 Å². The molecule has 1 aliphatic rings. The summed E-state index contributed by atoms with van der Waals surface area (Å²) in [6.07, 6.45) is -1.06. The molecule has 2 atom stereocenters. The topological polar surface area (TPSA) is 113 Å². The first kappa shape index (κ1) is 22.3. The first-order valence-corrected chi connectivity index (χ1v) is 10.5. The van der Waals surface area contributed by atoms with Crippen LogP contribution in [-0.4, -0.2) is 60.5 Å². The van der Waals surface area contributed by atoms with Gasteiger partial charge in [-0.05, 0) is 57.9 Å². The van der Waals surface area contributed by atoms with Gasteiger partial charge >= 0.3 is 5.97 Å². The molecule has 2 rings (SSSR count). The van der Waals surface area contributed by atoms with Crippen molar-refractivity contribution in [3.05, 3.63) is 29.3 Å². The Morgan fingerprint density at radius 1 is 1.25 bits per heavy atom. The average Bonchev–Trinajstić information content (AvgIpc) is 2.96. The van der Waals surface area contributed by atoms with Gasteiger partial charge in [-0.15, -0.1) is 0 Å². The second kappa shape index (κ2) is 8.18. The number of hydrogen-bond donors (Lipinski definition) is 2. The van der Waals surface area contributed by atoms with E-state index in [9.17, 15) is 23.1 Å². The highest BCUT2D eigenvalue weighted by atomic mass is 32.2. The number of esters is 1. The van der Waals surface area contributed by atoms with Crippen molar-refractivity contribution in [1.29, 1.82) is 0 Å². The van der Waals surface area contributed by atoms with Crippen LogP contribution in [0.3, 0.4) is 0 Å². The van der Waals surface area contributed by atoms with Crippen LogP contribution in [0.2, 0.25) is 0 Å². The number of aliphatic hydroxyl groups is 1. The molecule has 0 radical (unpaired) electrons. The number of amides is 1. The number of sulfonamides is 1. The third-order valence-corrected chi connectivity index (χ3v) is 6.32. The number of aryl methyl sites for hydroxylation is 2. The van der Waals surface area contributed by atoms with Crippen LogP contribution in [0.15, 0.2) is 23.1 Å². The lowest BCUT2D eigenvalue weighted by Gasteiger charge is -2.23. The summed E-state index contributed by atoms with van der Waals surface area (Å²) in [6.45, 7) is 8.32. The molecular weight excluding hydrogens is 384 g/mol. The zero-order valence-electron chi connectivity index (χ0n) is 16.9. The van der Waals surface area contributed by atoms with Gasteiger partial charge in [0.15, 0.2) is 6.61 Å². The Morgan fingerprint density at radius 3 is 2.46 bits per heavy atom. The molecule has 0 spiro atoms. The lowest BCUT2D eigenvalue weighted by Crippen LogP contribution is -2.45. The summed E-state index contributed by atoms with van der Waals surface area (Å²) < 4.78 is 32.0. The van der Waals surface area contributed by atoms with Crippen LogP contribution in [0.1, 0.15) is 38.3 Å². The maximum atomic E-state index is 13.0. The number of carbonyl (C=O) groups excluding carboxylic acids is 2. The number of hydrogen-bond acceptors (Lipinski definition) is 6. The van der Waals surface area contributed by atoms with E-state index in [1.54, 1.807) is 33.8 Å². The first-order valence-electron chi connectivity index (χ1n) is 9.06. The zero-order valence-corrected chi connectivity index (χ0v) is 17.7. The van der Waals surface area contributed by atoms with Gasteiger partial charge in [-0.2, -0.15) is 4.31 Å². The van der Waals surface area contributed by atoms with Crippen LogP contribution in [0, 0.1) is 13.8 Å². The summed E-state index contributed by atoms with van der Waals surface area (Å²) in [6, 6.07) is 3.53. The molecule has 9 heteroatoms. The highest BCUT2D eigenvalue weighted by molar-refractivity contribution is 7.89. The highest BCUT2D eigenvalue weighted by Gasteiger charge is 2.44. The number of ether oxygens (including phenoxy) is 1. The SMILES string of the molecule is Cc1ccc(S(=O)(=O)N2CC(O)CC2C(=O)OCC(=O)NC(C)(C)C)cc1C. The van der Waals surface area contributed by atoms with E-state index in [1.807, 2.05) is 6.92 Å². The molecule has 0 saturated carbocycles. The van der Waals surface area contributed by atoms with Crippen molar-refractivity contribution in [3.63, 3.8) is 0 Å². The third kappa shape index (κ3) is 5.30. The first-order chi connectivity index (χ1) is 12.8. The molecule has 8 nitrogen and oxygen atoms in total. The van der Waals surface area contributed by atoms with Gasteiger partial charge in [-0.1, -0.05) is 6.07 Å². The van der Waals surface area contributed by atoms with Crippen molar-refractivity contribution in [3.8, 4) is 0 Å². The van der Waals surface area contributed by atoms with Gasteiger partial charge in [0.25, 0.3) is 5.91 Å². The Morgan fingerprint density at radius 2 is 1.89 bits per heavy atom. The fraction of sp³-hybridized carbons (Fsp3) is 0.579. The molecule has 1 aromatic rings. The van der Waals surface area contributed by atoms with E-state index in [4.69, 9.17) is 4.74 Å². The van der Waals surface area contributed by atoms with Crippen LogP contribution >= 0.6 is 0 Å². The van der Waals surface area contributed by atoms with E-state index >= 15 is 0 Å². The van der Waals surface area contributed by atoms with Gasteiger partial charge in [0.1, 0.15) is 6.04 Å². The fourth-order valence-corrected chi connectivity index (χ4v) is 4.67. The van der Waals surface area contributed by atoms with E-state index in [-0.39, 0.29) is 17.9 Å². The fourth-order valence-electron chi connectivity index (χ4n) is 2.96. The van der Waals surface area contributed by atoms with Gasteiger partial charge in [0.05, 0.1) is 11.0 Å². The summed E-state index contributed by atoms with van der Waals surface area (Å²) in [7, 11) is -4.00. The predicted molar refractivity (Wildman–Crippen MR) is 103 cm³/mol. The summed E-state index contributed by atoms with van der Waals surface area (Å²) in [4.78, 5) is 24.3. The Bertz CT molecular complexity index is 860. The molecule has 156 valence electrons. The summed E-state index contributed by atoms with van der Waals surface area (Å²) in [5, 5.41) is 12.6. The summed E-state index contributed by atoms with van der Waals surface area (Å²) in [5.41, 5.74) is 1.27. The molecule has 1 saturated heterocycles. The molecule has 1 fully saturated rings. The number of carbonyl (C=O) groups is 2. The minimum absolute atomic E-state index is 0.0491. The molecule has 0 aromatic heterocycles. The molecule has 1 amide bonds. The van der Waals surface area contributed by atoms with Crippen molar-refractivity contribution in [1.82, 2.24) is 9.62 Å². The predicted octanol–water partition coefficient (Wildman–Crippen LogP) is 0.885. The number of β-amino-alcohol motifs (C(OH)–C–C–N with tert-alkyl or cyclic N) is 1. The molecule has 0 bridgehead atoms. The number of aliphatic hydroxyl groups excluding tert-OH is 1. The van der Waals surface area contributed by atoms with Gasteiger partial charge in [0, 0.05) is 18.5 Å². The van der Waals surface area contributed by atoms with Crippen molar-refractivity contribution in [2.45, 2.75) is 63.6 Å². The third-order valence-electron chi connectivity index (χ3n) is 4.45. The number of nitrogens with zero attached hydrogens (tertiary/aromatic N) is 1. The van der Waals surface area contributed by atoms with E-state index in [0.717, 1.165) is 15.4 Å². The molecule has 28 heavy (non-hydrogen) atoms. The van der Waals surface area contributed by atoms with E-state index < -0.39 is 46.2 Å². The molecule has 1 heterocycles. The number of rotatable bonds is 5. The normalized spacial score (nSPS) is 20.8. The lowest BCUT2D eigenvalue weighted by atomic mass is 10.1. The molecule has 0 aliphatic carbocycles. The van der Waals surface area contributed by atoms with Crippen LogP contribution in [-0.2, 0) is 24.3 Å². The monoisotopic (exact) mass is 412 g/mol. The van der Waals surface area contributed by atoms with Crippen LogP contribution in [0.4, 0.5) is 0 Å². The maximum Gasteiger partial charge on any atom is 0.325 e. The molecular formula is C19H28N2O6S. The van der Waals surface area contributed by atoms with Gasteiger partial charge in [-0.3, -0.25) is 9.59 Å². The highest BCUT2D eigenvalue weighted by Crippen LogP contribution is 2.28. The van der Waals surface area contributed by atoms with E-state index in [0.29, 0.717) is 0 Å². The average molecular weight is 413 g/mol. The Balaban J connectivity index is 2.16. The largest absolute Gasteiger partial charge is 0.454 e. The Labute approximate surface area is 165 Å². The van der Waals surface area contributed by atoms with Crippen LogP contribution < -0.4 is 5.32 Å². The van der Waals surface area contributed by atoms with Gasteiger partial charge in [0.2, 0.25) is 10.0 Å². The smallest absolute Gasteiger partial charge is 0.325 e. The standard InChI is InChI=1S/C19H28N2O6S/c1-12-6-7-15(8-13(12)2)28(25,26)21-10-14(22)9-16(21)18(24)27-11-17(23)20-19(3,4)5/h6-8,14,16,22H,9-11H2,1-5H3,(H,20,23). The van der Waals surface area contributed by atoms with Gasteiger partial charge < -0.3 is 15.2 Å². The van der Waals surface area contributed by atoms with Crippen molar-refractivity contribution in [2.24, 2.45) is 0 Å². The summed E-state index contributed by atoms with van der Waals surface area (Å²) in [5.74, 6) is -1.34. The number of nitrogens with one attached hydrogen (secondary N) is 1. The van der Waals surface area contributed by atoms with Crippen LogP contribution in [0.5, 0.6) is 0 Å².